The molecule has 1 nitrogen and oxygen atoms in total. The highest BCUT2D eigenvalue weighted by molar-refractivity contribution is 7.12. The van der Waals surface area contributed by atoms with Gasteiger partial charge in [-0.15, -0.1) is 11.3 Å². The van der Waals surface area contributed by atoms with Crippen LogP contribution >= 0.6 is 11.3 Å². The lowest BCUT2D eigenvalue weighted by molar-refractivity contribution is -0.138. The maximum atomic E-state index is 12.8. The normalized spacial score (nSPS) is 38.8. The molecule has 0 saturated heterocycles. The molecular weight excluding hydrogens is 264 g/mol. The van der Waals surface area contributed by atoms with Gasteiger partial charge < -0.3 is 0 Å². The van der Waals surface area contributed by atoms with Crippen molar-refractivity contribution in [3.8, 4) is 0 Å². The summed E-state index contributed by atoms with van der Waals surface area (Å²) >= 11 is 1.77. The van der Waals surface area contributed by atoms with Crippen molar-refractivity contribution in [2.24, 2.45) is 23.2 Å². The summed E-state index contributed by atoms with van der Waals surface area (Å²) in [5.74, 6) is 2.97. The zero-order valence-corrected chi connectivity index (χ0v) is 12.9. The second-order valence-electron chi connectivity index (χ2n) is 7.34. The summed E-state index contributed by atoms with van der Waals surface area (Å²) in [6.07, 6.45) is 11.7. The Kier molecular flexibility index (Phi) is 2.92. The number of ketones is 1. The van der Waals surface area contributed by atoms with Crippen molar-refractivity contribution >= 4 is 23.2 Å². The van der Waals surface area contributed by atoms with E-state index in [1.54, 1.807) is 11.3 Å². The SMILES string of the molecule is Cc1ccc(/C=C/C(=O)C23CC4CC(CC(C4)C2)C3)s1. The van der Waals surface area contributed by atoms with Gasteiger partial charge in [0.2, 0.25) is 0 Å². The van der Waals surface area contributed by atoms with Gasteiger partial charge in [-0.2, -0.15) is 0 Å². The standard InChI is InChI=1S/C18H22OS/c1-12-2-3-16(20-12)4-5-17(19)18-9-13-6-14(10-18)8-15(7-13)11-18/h2-5,13-15H,6-11H2,1H3/b5-4+. The minimum absolute atomic E-state index is 0.0254. The van der Waals surface area contributed by atoms with Gasteiger partial charge >= 0.3 is 0 Å². The van der Waals surface area contributed by atoms with Crippen LogP contribution < -0.4 is 0 Å². The molecule has 0 aromatic carbocycles. The fourth-order valence-corrected chi connectivity index (χ4v) is 6.07. The topological polar surface area (TPSA) is 17.1 Å². The quantitative estimate of drug-likeness (QED) is 0.726. The third kappa shape index (κ3) is 2.09. The van der Waals surface area contributed by atoms with E-state index in [4.69, 9.17) is 0 Å². The average molecular weight is 286 g/mol. The van der Waals surface area contributed by atoms with Crippen LogP contribution in [0.5, 0.6) is 0 Å². The van der Waals surface area contributed by atoms with Gasteiger partial charge in [0, 0.05) is 15.2 Å². The van der Waals surface area contributed by atoms with Gasteiger partial charge in [0.15, 0.2) is 5.78 Å². The Morgan fingerprint density at radius 3 is 2.25 bits per heavy atom. The molecule has 1 aromatic heterocycles. The van der Waals surface area contributed by atoms with Crippen LogP contribution in [0.1, 0.15) is 48.3 Å². The molecule has 0 radical (unpaired) electrons. The second-order valence-corrected chi connectivity index (χ2v) is 8.66. The first-order valence-corrected chi connectivity index (χ1v) is 8.74. The molecule has 0 aliphatic heterocycles. The maximum Gasteiger partial charge on any atom is 0.161 e. The zero-order chi connectivity index (χ0) is 13.7. The van der Waals surface area contributed by atoms with E-state index < -0.39 is 0 Å². The number of carbonyl (C=O) groups excluding carboxylic acids is 1. The minimum Gasteiger partial charge on any atom is -0.294 e. The van der Waals surface area contributed by atoms with Crippen molar-refractivity contribution in [1.82, 2.24) is 0 Å². The Labute approximate surface area is 125 Å². The largest absolute Gasteiger partial charge is 0.294 e. The lowest BCUT2D eigenvalue weighted by Gasteiger charge is -2.55. The molecule has 4 bridgehead atoms. The van der Waals surface area contributed by atoms with Crippen molar-refractivity contribution in [3.05, 3.63) is 28.0 Å². The zero-order valence-electron chi connectivity index (χ0n) is 12.1. The summed E-state index contributed by atoms with van der Waals surface area (Å²) in [5.41, 5.74) is 0.0254. The Morgan fingerprint density at radius 2 is 1.75 bits per heavy atom. The van der Waals surface area contributed by atoms with E-state index in [-0.39, 0.29) is 5.41 Å². The minimum atomic E-state index is 0.0254. The summed E-state index contributed by atoms with van der Waals surface area (Å²) in [4.78, 5) is 15.3. The Balaban J connectivity index is 1.55. The third-order valence-corrected chi connectivity index (χ3v) is 6.69. The molecule has 0 spiro atoms. The molecular formula is C18H22OS. The third-order valence-electron chi connectivity index (χ3n) is 5.72. The summed E-state index contributed by atoms with van der Waals surface area (Å²) < 4.78 is 0. The summed E-state index contributed by atoms with van der Waals surface area (Å²) in [6, 6.07) is 4.24. The highest BCUT2D eigenvalue weighted by atomic mass is 32.1. The van der Waals surface area contributed by atoms with Gasteiger partial charge in [0.1, 0.15) is 0 Å². The summed E-state index contributed by atoms with van der Waals surface area (Å²) in [7, 11) is 0. The molecule has 1 aromatic rings. The van der Waals surface area contributed by atoms with Crippen LogP contribution in [0.4, 0.5) is 0 Å². The lowest BCUT2D eigenvalue weighted by Crippen LogP contribution is -2.49. The number of aryl methyl sites for hydroxylation is 1. The van der Waals surface area contributed by atoms with Crippen LogP contribution in [0.2, 0.25) is 0 Å². The smallest absolute Gasteiger partial charge is 0.161 e. The Morgan fingerprint density at radius 1 is 1.15 bits per heavy atom. The average Bonchev–Trinajstić information content (AvgIpc) is 2.80. The van der Waals surface area contributed by atoms with E-state index in [1.165, 1.54) is 48.3 Å². The molecule has 5 rings (SSSR count). The van der Waals surface area contributed by atoms with Crippen LogP contribution in [0, 0.1) is 30.1 Å². The predicted molar refractivity (Wildman–Crippen MR) is 83.7 cm³/mol. The molecule has 1 heterocycles. The molecule has 0 unspecified atom stereocenters. The van der Waals surface area contributed by atoms with Gasteiger partial charge in [-0.1, -0.05) is 0 Å². The monoisotopic (exact) mass is 286 g/mol. The van der Waals surface area contributed by atoms with Crippen molar-refractivity contribution in [2.75, 3.05) is 0 Å². The van der Waals surface area contributed by atoms with Gasteiger partial charge in [-0.3, -0.25) is 4.79 Å². The van der Waals surface area contributed by atoms with Crippen molar-refractivity contribution in [3.63, 3.8) is 0 Å². The molecule has 0 N–H and O–H groups in total. The molecule has 4 fully saturated rings. The van der Waals surface area contributed by atoms with Gasteiger partial charge in [-0.05, 0) is 87.5 Å². The van der Waals surface area contributed by atoms with E-state index in [9.17, 15) is 4.79 Å². The number of allylic oxidation sites excluding steroid dienone is 1. The summed E-state index contributed by atoms with van der Waals surface area (Å²) in [5, 5.41) is 0. The predicted octanol–water partition coefficient (Wildman–Crippen LogP) is 4.86. The molecule has 2 heteroatoms. The molecule has 0 amide bonds. The first-order chi connectivity index (χ1) is 9.63. The fraction of sp³-hybridized carbons (Fsp3) is 0.611. The van der Waals surface area contributed by atoms with Crippen LogP contribution in [0.25, 0.3) is 6.08 Å². The van der Waals surface area contributed by atoms with Gasteiger partial charge in [-0.25, -0.2) is 0 Å². The highest BCUT2D eigenvalue weighted by Gasteiger charge is 2.53. The van der Waals surface area contributed by atoms with E-state index in [2.05, 4.69) is 19.1 Å². The second kappa shape index (κ2) is 4.56. The lowest BCUT2D eigenvalue weighted by atomic mass is 9.48. The Hall–Kier alpha value is -0.890. The number of rotatable bonds is 3. The van der Waals surface area contributed by atoms with Crippen LogP contribution in [-0.2, 0) is 4.79 Å². The number of carbonyl (C=O) groups is 1. The van der Waals surface area contributed by atoms with Gasteiger partial charge in [0.25, 0.3) is 0 Å². The van der Waals surface area contributed by atoms with Crippen LogP contribution in [0.3, 0.4) is 0 Å². The highest BCUT2D eigenvalue weighted by Crippen LogP contribution is 2.60. The Bertz CT molecular complexity index is 530. The van der Waals surface area contributed by atoms with E-state index in [0.29, 0.717) is 5.78 Å². The molecule has 20 heavy (non-hydrogen) atoms. The molecule has 106 valence electrons. The van der Waals surface area contributed by atoms with Crippen molar-refractivity contribution in [2.45, 2.75) is 45.4 Å². The van der Waals surface area contributed by atoms with E-state index in [1.807, 2.05) is 12.2 Å². The first kappa shape index (κ1) is 12.8. The molecule has 0 atom stereocenters. The van der Waals surface area contributed by atoms with E-state index >= 15 is 0 Å². The van der Waals surface area contributed by atoms with Crippen LogP contribution in [-0.4, -0.2) is 5.78 Å². The molecule has 4 aliphatic carbocycles. The first-order valence-electron chi connectivity index (χ1n) is 7.92. The van der Waals surface area contributed by atoms with E-state index in [0.717, 1.165) is 17.8 Å². The van der Waals surface area contributed by atoms with Crippen molar-refractivity contribution < 1.29 is 4.79 Å². The van der Waals surface area contributed by atoms with Crippen molar-refractivity contribution in [1.29, 1.82) is 0 Å². The van der Waals surface area contributed by atoms with Crippen LogP contribution in [0.15, 0.2) is 18.2 Å². The number of hydrogen-bond donors (Lipinski definition) is 0. The maximum absolute atomic E-state index is 12.8. The molecule has 4 saturated carbocycles. The fourth-order valence-electron chi connectivity index (χ4n) is 5.29. The summed E-state index contributed by atoms with van der Waals surface area (Å²) in [6.45, 7) is 2.11. The number of thiophene rings is 1. The molecule has 4 aliphatic rings. The number of hydrogen-bond acceptors (Lipinski definition) is 2. The van der Waals surface area contributed by atoms with Gasteiger partial charge in [0.05, 0.1) is 0 Å².